The van der Waals surface area contributed by atoms with Gasteiger partial charge in [0.25, 0.3) is 5.91 Å². The largest absolute Gasteiger partial charge is 0.423 e. The van der Waals surface area contributed by atoms with E-state index in [2.05, 4.69) is 15.5 Å². The van der Waals surface area contributed by atoms with E-state index in [0.29, 0.717) is 11.5 Å². The summed E-state index contributed by atoms with van der Waals surface area (Å²) in [6, 6.07) is 16.9. The van der Waals surface area contributed by atoms with E-state index in [1.807, 2.05) is 37.3 Å². The molecule has 22 heavy (non-hydrogen) atoms. The van der Waals surface area contributed by atoms with Crippen molar-refractivity contribution >= 4 is 5.91 Å². The summed E-state index contributed by atoms with van der Waals surface area (Å²) >= 11 is 0. The van der Waals surface area contributed by atoms with Crippen molar-refractivity contribution in [3.05, 3.63) is 72.1 Å². The van der Waals surface area contributed by atoms with Crippen LogP contribution in [-0.2, 0) is 0 Å². The molecule has 0 aliphatic rings. The third-order valence-corrected chi connectivity index (χ3v) is 3.40. The molecule has 0 fully saturated rings. The van der Waals surface area contributed by atoms with Crippen LogP contribution in [0.3, 0.4) is 0 Å². The Hall–Kier alpha value is -2.95. The number of hydrogen-bond acceptors (Lipinski definition) is 4. The molecule has 1 aromatic heterocycles. The van der Waals surface area contributed by atoms with Crippen LogP contribution in [0, 0.1) is 0 Å². The highest BCUT2D eigenvalue weighted by Crippen LogP contribution is 2.17. The quantitative estimate of drug-likeness (QED) is 0.802. The zero-order chi connectivity index (χ0) is 15.4. The van der Waals surface area contributed by atoms with Crippen LogP contribution in [0.2, 0.25) is 0 Å². The van der Waals surface area contributed by atoms with E-state index >= 15 is 0 Å². The Morgan fingerprint density at radius 3 is 2.45 bits per heavy atom. The molecule has 0 spiro atoms. The van der Waals surface area contributed by atoms with Crippen LogP contribution in [0.4, 0.5) is 0 Å². The fourth-order valence-electron chi connectivity index (χ4n) is 2.17. The lowest BCUT2D eigenvalue weighted by atomic mass is 10.1. The predicted octanol–water partition coefficient (Wildman–Crippen LogP) is 3.23. The number of amides is 1. The highest BCUT2D eigenvalue weighted by atomic mass is 16.4. The first-order valence-electron chi connectivity index (χ1n) is 6.96. The molecule has 0 bridgehead atoms. The van der Waals surface area contributed by atoms with Crippen molar-refractivity contribution in [1.29, 1.82) is 0 Å². The molecular formula is C17H15N3O2. The second kappa shape index (κ2) is 6.22. The van der Waals surface area contributed by atoms with Crippen LogP contribution in [-0.4, -0.2) is 16.1 Å². The molecule has 1 N–H and O–H groups in total. The maximum Gasteiger partial charge on any atom is 0.251 e. The minimum atomic E-state index is -0.117. The molecule has 0 saturated carbocycles. The lowest BCUT2D eigenvalue weighted by molar-refractivity contribution is 0.0940. The topological polar surface area (TPSA) is 68.0 Å². The van der Waals surface area contributed by atoms with Crippen molar-refractivity contribution in [3.8, 4) is 11.5 Å². The monoisotopic (exact) mass is 293 g/mol. The van der Waals surface area contributed by atoms with Gasteiger partial charge in [-0.3, -0.25) is 4.79 Å². The summed E-state index contributed by atoms with van der Waals surface area (Å²) in [7, 11) is 0. The van der Waals surface area contributed by atoms with Crippen molar-refractivity contribution in [2.24, 2.45) is 0 Å². The van der Waals surface area contributed by atoms with Crippen molar-refractivity contribution in [2.45, 2.75) is 13.0 Å². The Balaban J connectivity index is 1.70. The van der Waals surface area contributed by atoms with Gasteiger partial charge in [-0.25, -0.2) is 0 Å². The van der Waals surface area contributed by atoms with Crippen molar-refractivity contribution < 1.29 is 9.21 Å². The molecule has 2 aromatic carbocycles. The smallest absolute Gasteiger partial charge is 0.251 e. The number of rotatable bonds is 4. The zero-order valence-electron chi connectivity index (χ0n) is 12.1. The first-order valence-corrected chi connectivity index (χ1v) is 6.96. The minimum Gasteiger partial charge on any atom is -0.423 e. The Bertz CT molecular complexity index is 737. The molecule has 5 heteroatoms. The van der Waals surface area contributed by atoms with Crippen molar-refractivity contribution in [2.75, 3.05) is 0 Å². The normalized spacial score (nSPS) is 11.9. The molecule has 0 aliphatic heterocycles. The maximum absolute atomic E-state index is 12.3. The van der Waals surface area contributed by atoms with E-state index in [-0.39, 0.29) is 11.9 Å². The van der Waals surface area contributed by atoms with Gasteiger partial charge in [-0.2, -0.15) is 0 Å². The number of nitrogens with zero attached hydrogens (tertiary/aromatic N) is 2. The maximum atomic E-state index is 12.3. The van der Waals surface area contributed by atoms with Crippen molar-refractivity contribution in [1.82, 2.24) is 15.5 Å². The molecule has 0 radical (unpaired) electrons. The van der Waals surface area contributed by atoms with Gasteiger partial charge >= 0.3 is 0 Å². The van der Waals surface area contributed by atoms with E-state index in [1.165, 1.54) is 6.39 Å². The van der Waals surface area contributed by atoms with Gasteiger partial charge in [-0.1, -0.05) is 30.3 Å². The van der Waals surface area contributed by atoms with E-state index in [9.17, 15) is 4.79 Å². The van der Waals surface area contributed by atoms with Gasteiger partial charge in [0.05, 0.1) is 6.04 Å². The molecule has 0 saturated heterocycles. The van der Waals surface area contributed by atoms with Gasteiger partial charge in [0.1, 0.15) is 0 Å². The third-order valence-electron chi connectivity index (χ3n) is 3.40. The minimum absolute atomic E-state index is 0.0516. The number of carbonyl (C=O) groups is 1. The number of benzene rings is 2. The van der Waals surface area contributed by atoms with Gasteiger partial charge in [-0.05, 0) is 36.8 Å². The molecule has 1 amide bonds. The average molecular weight is 293 g/mol. The highest BCUT2D eigenvalue weighted by molar-refractivity contribution is 5.94. The second-order valence-electron chi connectivity index (χ2n) is 4.93. The molecule has 5 nitrogen and oxygen atoms in total. The van der Waals surface area contributed by atoms with Gasteiger partial charge < -0.3 is 9.73 Å². The van der Waals surface area contributed by atoms with Gasteiger partial charge in [0.2, 0.25) is 12.3 Å². The summed E-state index contributed by atoms with van der Waals surface area (Å²) in [6.07, 6.45) is 1.28. The van der Waals surface area contributed by atoms with Crippen LogP contribution in [0.5, 0.6) is 0 Å². The Morgan fingerprint density at radius 1 is 1.09 bits per heavy atom. The first-order chi connectivity index (χ1) is 10.7. The molecule has 1 atom stereocenters. The lowest BCUT2D eigenvalue weighted by Crippen LogP contribution is -2.26. The number of nitrogens with one attached hydrogen (secondary N) is 1. The van der Waals surface area contributed by atoms with E-state index in [4.69, 9.17) is 4.42 Å². The van der Waals surface area contributed by atoms with Crippen LogP contribution >= 0.6 is 0 Å². The molecule has 3 aromatic rings. The summed E-state index contributed by atoms with van der Waals surface area (Å²) in [6.45, 7) is 1.96. The SMILES string of the molecule is C[C@@H](NC(=O)c1ccc(-c2nnco2)cc1)c1ccccc1. The van der Waals surface area contributed by atoms with Crippen LogP contribution in [0.25, 0.3) is 11.5 Å². The first kappa shape index (κ1) is 14.0. The molecular weight excluding hydrogens is 278 g/mol. The van der Waals surface area contributed by atoms with E-state index in [1.54, 1.807) is 24.3 Å². The fourth-order valence-corrected chi connectivity index (χ4v) is 2.17. The number of carbonyl (C=O) groups excluding carboxylic acids is 1. The molecule has 0 aliphatic carbocycles. The molecule has 0 unspecified atom stereocenters. The third kappa shape index (κ3) is 3.03. The number of hydrogen-bond donors (Lipinski definition) is 1. The van der Waals surface area contributed by atoms with E-state index < -0.39 is 0 Å². The second-order valence-corrected chi connectivity index (χ2v) is 4.93. The highest BCUT2D eigenvalue weighted by Gasteiger charge is 2.12. The van der Waals surface area contributed by atoms with Gasteiger partial charge in [0, 0.05) is 11.1 Å². The van der Waals surface area contributed by atoms with Crippen LogP contribution in [0.15, 0.2) is 65.4 Å². The van der Waals surface area contributed by atoms with Crippen molar-refractivity contribution in [3.63, 3.8) is 0 Å². The summed E-state index contributed by atoms with van der Waals surface area (Å²) in [5.41, 5.74) is 2.44. The summed E-state index contributed by atoms with van der Waals surface area (Å²) < 4.78 is 5.12. The predicted molar refractivity (Wildman–Crippen MR) is 82.1 cm³/mol. The average Bonchev–Trinajstić information content (AvgIpc) is 3.10. The molecule has 110 valence electrons. The van der Waals surface area contributed by atoms with Gasteiger partial charge in [0.15, 0.2) is 0 Å². The summed E-state index contributed by atoms with van der Waals surface area (Å²) in [5, 5.41) is 10.4. The Labute approximate surface area is 128 Å². The summed E-state index contributed by atoms with van der Waals surface area (Å²) in [5.74, 6) is 0.318. The lowest BCUT2D eigenvalue weighted by Gasteiger charge is -2.14. The van der Waals surface area contributed by atoms with E-state index in [0.717, 1.165) is 11.1 Å². The fraction of sp³-hybridized carbons (Fsp3) is 0.118. The molecule has 3 rings (SSSR count). The zero-order valence-corrected chi connectivity index (χ0v) is 12.1. The Kier molecular flexibility index (Phi) is 3.96. The summed E-state index contributed by atoms with van der Waals surface area (Å²) in [4.78, 5) is 12.3. The van der Waals surface area contributed by atoms with Crippen LogP contribution < -0.4 is 5.32 Å². The van der Waals surface area contributed by atoms with Gasteiger partial charge in [-0.15, -0.1) is 10.2 Å². The van der Waals surface area contributed by atoms with Crippen LogP contribution in [0.1, 0.15) is 28.9 Å². The Morgan fingerprint density at radius 2 is 1.82 bits per heavy atom. The molecule has 1 heterocycles. The standard InChI is InChI=1S/C17H15N3O2/c1-12(13-5-3-2-4-6-13)19-16(21)14-7-9-15(10-8-14)17-20-18-11-22-17/h2-12H,1H3,(H,19,21)/t12-/m1/s1. The number of aromatic nitrogens is 2.